The first-order chi connectivity index (χ1) is 15.7. The summed E-state index contributed by atoms with van der Waals surface area (Å²) in [6.07, 6.45) is 6.10. The molecule has 0 unspecified atom stereocenters. The van der Waals surface area contributed by atoms with Crippen LogP contribution in [-0.4, -0.2) is 53.3 Å². The third-order valence-electron chi connectivity index (χ3n) is 6.23. The van der Waals surface area contributed by atoms with Crippen LogP contribution in [0.5, 0.6) is 5.88 Å². The molecule has 3 aromatic rings. The fourth-order valence-corrected chi connectivity index (χ4v) is 4.42. The lowest BCUT2D eigenvalue weighted by Crippen LogP contribution is -2.49. The maximum atomic E-state index is 12.9. The second-order valence-electron chi connectivity index (χ2n) is 8.37. The van der Waals surface area contributed by atoms with E-state index >= 15 is 0 Å². The first-order valence-electron chi connectivity index (χ1n) is 11.2. The average molecular weight is 434 g/mol. The molecule has 1 aliphatic heterocycles. The number of hydrogen-bond donors (Lipinski definition) is 0. The molecule has 1 amide bonds. The standard InChI is InChI=1S/C24H26N4O4/c29-23(19-16-17-6-4-5-9-20(17)32-24(19)30)28-14-12-27(13-15-28)21-10-11-22(26-25-21)31-18-7-2-1-3-8-18/h4-6,9-11,16,18H,1-3,7-8,12-15H2. The van der Waals surface area contributed by atoms with Gasteiger partial charge in [-0.05, 0) is 43.9 Å². The van der Waals surface area contributed by atoms with Crippen molar-refractivity contribution in [3.8, 4) is 5.88 Å². The smallest absolute Gasteiger partial charge is 0.349 e. The number of benzene rings is 1. The summed E-state index contributed by atoms with van der Waals surface area (Å²) in [7, 11) is 0. The van der Waals surface area contributed by atoms with E-state index in [1.165, 1.54) is 19.3 Å². The van der Waals surface area contributed by atoms with Gasteiger partial charge in [0.05, 0.1) is 0 Å². The van der Waals surface area contributed by atoms with Crippen molar-refractivity contribution in [1.29, 1.82) is 0 Å². The Labute approximate surface area is 185 Å². The normalized spacial score (nSPS) is 17.5. The number of anilines is 1. The highest BCUT2D eigenvalue weighted by atomic mass is 16.5. The molecule has 166 valence electrons. The lowest BCUT2D eigenvalue weighted by molar-refractivity contribution is 0.0742. The largest absolute Gasteiger partial charge is 0.473 e. The van der Waals surface area contributed by atoms with E-state index in [4.69, 9.17) is 9.15 Å². The van der Waals surface area contributed by atoms with E-state index in [1.807, 2.05) is 24.3 Å². The molecule has 0 spiro atoms. The fraction of sp³-hybridized carbons (Fsp3) is 0.417. The molecule has 0 bridgehead atoms. The van der Waals surface area contributed by atoms with Crippen molar-refractivity contribution >= 4 is 22.7 Å². The Bertz CT molecular complexity index is 1150. The summed E-state index contributed by atoms with van der Waals surface area (Å²) >= 11 is 0. The highest BCUT2D eigenvalue weighted by molar-refractivity contribution is 5.96. The summed E-state index contributed by atoms with van der Waals surface area (Å²) in [5.74, 6) is 1.03. The number of carbonyl (C=O) groups excluding carboxylic acids is 1. The van der Waals surface area contributed by atoms with Crippen molar-refractivity contribution in [2.75, 3.05) is 31.1 Å². The average Bonchev–Trinajstić information content (AvgIpc) is 2.84. The Hall–Kier alpha value is -3.42. The lowest BCUT2D eigenvalue weighted by Gasteiger charge is -2.35. The summed E-state index contributed by atoms with van der Waals surface area (Å²) in [6, 6.07) is 12.6. The summed E-state index contributed by atoms with van der Waals surface area (Å²) in [4.78, 5) is 29.0. The Morgan fingerprint density at radius 1 is 0.969 bits per heavy atom. The molecule has 3 heterocycles. The van der Waals surface area contributed by atoms with Gasteiger partial charge in [-0.15, -0.1) is 10.2 Å². The van der Waals surface area contributed by atoms with Crippen LogP contribution in [0.15, 0.2) is 51.7 Å². The van der Waals surface area contributed by atoms with Gasteiger partial charge in [0, 0.05) is 37.6 Å². The molecule has 0 atom stereocenters. The van der Waals surface area contributed by atoms with Crippen molar-refractivity contribution in [2.24, 2.45) is 0 Å². The van der Waals surface area contributed by atoms with Gasteiger partial charge < -0.3 is 19.0 Å². The molecule has 8 nitrogen and oxygen atoms in total. The zero-order chi connectivity index (χ0) is 21.9. The van der Waals surface area contributed by atoms with E-state index in [0.717, 1.165) is 24.0 Å². The Morgan fingerprint density at radius 3 is 2.50 bits per heavy atom. The van der Waals surface area contributed by atoms with E-state index in [2.05, 4.69) is 15.1 Å². The van der Waals surface area contributed by atoms with Crippen LogP contribution in [0.4, 0.5) is 5.82 Å². The lowest BCUT2D eigenvalue weighted by atomic mass is 9.98. The number of nitrogens with zero attached hydrogens (tertiary/aromatic N) is 4. The number of rotatable bonds is 4. The van der Waals surface area contributed by atoms with Gasteiger partial charge in [-0.3, -0.25) is 4.79 Å². The van der Waals surface area contributed by atoms with Crippen molar-refractivity contribution in [1.82, 2.24) is 15.1 Å². The Kier molecular flexibility index (Phi) is 5.75. The predicted molar refractivity (Wildman–Crippen MR) is 120 cm³/mol. The van der Waals surface area contributed by atoms with E-state index in [0.29, 0.717) is 37.6 Å². The van der Waals surface area contributed by atoms with Gasteiger partial charge in [0.2, 0.25) is 5.88 Å². The first-order valence-corrected chi connectivity index (χ1v) is 11.2. The second kappa shape index (κ2) is 8.98. The highest BCUT2D eigenvalue weighted by Crippen LogP contribution is 2.23. The van der Waals surface area contributed by atoms with Gasteiger partial charge in [-0.2, -0.15) is 0 Å². The Balaban J connectivity index is 1.21. The number of piperazine rings is 1. The van der Waals surface area contributed by atoms with Crippen LogP contribution in [0.2, 0.25) is 0 Å². The SMILES string of the molecule is O=C(c1cc2ccccc2oc1=O)N1CCN(c2ccc(OC3CCCCC3)nn2)CC1. The quantitative estimate of drug-likeness (QED) is 0.582. The molecule has 2 fully saturated rings. The molecule has 8 heteroatoms. The number of fused-ring (bicyclic) bond motifs is 1. The van der Waals surface area contributed by atoms with Crippen LogP contribution in [-0.2, 0) is 0 Å². The third-order valence-corrected chi connectivity index (χ3v) is 6.23. The van der Waals surface area contributed by atoms with Crippen molar-refractivity contribution in [3.63, 3.8) is 0 Å². The minimum Gasteiger partial charge on any atom is -0.473 e. The molecule has 1 saturated heterocycles. The van der Waals surface area contributed by atoms with Crippen LogP contribution < -0.4 is 15.3 Å². The van der Waals surface area contributed by atoms with Crippen molar-refractivity contribution < 1.29 is 13.9 Å². The van der Waals surface area contributed by atoms with Crippen LogP contribution in [0.25, 0.3) is 11.0 Å². The van der Waals surface area contributed by atoms with Crippen LogP contribution in [0.3, 0.4) is 0 Å². The third kappa shape index (κ3) is 4.30. The van der Waals surface area contributed by atoms with Crippen LogP contribution >= 0.6 is 0 Å². The molecule has 1 saturated carbocycles. The van der Waals surface area contributed by atoms with E-state index < -0.39 is 5.63 Å². The fourth-order valence-electron chi connectivity index (χ4n) is 4.42. The van der Waals surface area contributed by atoms with Crippen molar-refractivity contribution in [3.05, 3.63) is 58.4 Å². The number of amides is 1. The monoisotopic (exact) mass is 434 g/mol. The molecule has 32 heavy (non-hydrogen) atoms. The minimum atomic E-state index is -0.601. The molecular weight excluding hydrogens is 408 g/mol. The molecule has 0 N–H and O–H groups in total. The molecule has 1 aromatic carbocycles. The number of ether oxygens (including phenoxy) is 1. The number of hydrogen-bond acceptors (Lipinski definition) is 7. The summed E-state index contributed by atoms with van der Waals surface area (Å²) in [6.45, 7) is 2.21. The van der Waals surface area contributed by atoms with Crippen LogP contribution in [0.1, 0.15) is 42.5 Å². The van der Waals surface area contributed by atoms with Gasteiger partial charge in [0.25, 0.3) is 5.91 Å². The van der Waals surface area contributed by atoms with Gasteiger partial charge in [-0.1, -0.05) is 24.6 Å². The van der Waals surface area contributed by atoms with Gasteiger partial charge in [0.1, 0.15) is 17.3 Å². The highest BCUT2D eigenvalue weighted by Gasteiger charge is 2.26. The summed E-state index contributed by atoms with van der Waals surface area (Å²) < 4.78 is 11.3. The summed E-state index contributed by atoms with van der Waals surface area (Å²) in [5, 5.41) is 9.30. The zero-order valence-corrected chi connectivity index (χ0v) is 17.9. The van der Waals surface area contributed by atoms with E-state index in [-0.39, 0.29) is 17.6 Å². The van der Waals surface area contributed by atoms with E-state index in [1.54, 1.807) is 23.1 Å². The maximum Gasteiger partial charge on any atom is 0.349 e. The topological polar surface area (TPSA) is 88.8 Å². The van der Waals surface area contributed by atoms with Crippen LogP contribution in [0, 0.1) is 0 Å². The molecule has 0 radical (unpaired) electrons. The predicted octanol–water partition coefficient (Wildman–Crippen LogP) is 3.26. The maximum absolute atomic E-state index is 12.9. The number of carbonyl (C=O) groups is 1. The van der Waals surface area contributed by atoms with Gasteiger partial charge >= 0.3 is 5.63 Å². The van der Waals surface area contributed by atoms with Gasteiger partial charge in [0.15, 0.2) is 5.82 Å². The molecular formula is C24H26N4O4. The van der Waals surface area contributed by atoms with Crippen molar-refractivity contribution in [2.45, 2.75) is 38.2 Å². The van der Waals surface area contributed by atoms with Gasteiger partial charge in [-0.25, -0.2) is 4.79 Å². The number of para-hydroxylation sites is 1. The molecule has 2 aromatic heterocycles. The minimum absolute atomic E-state index is 0.0705. The van der Waals surface area contributed by atoms with E-state index in [9.17, 15) is 9.59 Å². The number of aromatic nitrogens is 2. The molecule has 5 rings (SSSR count). The molecule has 2 aliphatic rings. The molecule has 1 aliphatic carbocycles. The first kappa shape index (κ1) is 20.5. The Morgan fingerprint density at radius 2 is 1.75 bits per heavy atom. The second-order valence-corrected chi connectivity index (χ2v) is 8.37. The summed E-state index contributed by atoms with van der Waals surface area (Å²) in [5.41, 5.74) is -0.0509. The zero-order valence-electron chi connectivity index (χ0n) is 17.9.